The highest BCUT2D eigenvalue weighted by Gasteiger charge is 2.15. The van der Waals surface area contributed by atoms with Gasteiger partial charge in [-0.3, -0.25) is 4.72 Å². The summed E-state index contributed by atoms with van der Waals surface area (Å²) < 4.78 is 35.9. The lowest BCUT2D eigenvalue weighted by Gasteiger charge is -2.13. The predicted octanol–water partition coefficient (Wildman–Crippen LogP) is 2.51. The second kappa shape index (κ2) is 6.15. The quantitative estimate of drug-likeness (QED) is 0.875. The fourth-order valence-corrected chi connectivity index (χ4v) is 2.82. The molecule has 0 bridgehead atoms. The molecular formula is C11H16ClNO4S. The Morgan fingerprint density at radius 2 is 1.78 bits per heavy atom. The number of anilines is 1. The Morgan fingerprint density at radius 3 is 2.28 bits per heavy atom. The molecule has 0 fully saturated rings. The fraction of sp³-hybridized carbons (Fsp3) is 0.455. The molecule has 0 unspecified atom stereocenters. The van der Waals surface area contributed by atoms with Gasteiger partial charge in [-0.05, 0) is 6.42 Å². The summed E-state index contributed by atoms with van der Waals surface area (Å²) in [5, 5.41) is 0.257. The minimum Gasteiger partial charge on any atom is -0.493 e. The smallest absolute Gasteiger partial charge is 0.232 e. The number of hydrogen-bond donors (Lipinski definition) is 1. The molecule has 0 spiro atoms. The maximum absolute atomic E-state index is 11.7. The number of sulfonamides is 1. The van der Waals surface area contributed by atoms with Gasteiger partial charge in [0.15, 0.2) is 11.5 Å². The molecular weight excluding hydrogens is 278 g/mol. The second-order valence-electron chi connectivity index (χ2n) is 3.61. The van der Waals surface area contributed by atoms with Crippen LogP contribution in [0.15, 0.2) is 12.1 Å². The van der Waals surface area contributed by atoms with E-state index in [9.17, 15) is 8.42 Å². The lowest BCUT2D eigenvalue weighted by atomic mass is 10.3. The van der Waals surface area contributed by atoms with Crippen molar-refractivity contribution in [3.8, 4) is 11.5 Å². The molecule has 0 heterocycles. The molecule has 0 saturated carbocycles. The lowest BCUT2D eigenvalue weighted by molar-refractivity contribution is 0.355. The van der Waals surface area contributed by atoms with E-state index in [0.29, 0.717) is 17.9 Å². The Labute approximate surface area is 112 Å². The molecule has 0 aliphatic heterocycles. The zero-order valence-electron chi connectivity index (χ0n) is 10.5. The number of ether oxygens (including phenoxy) is 2. The fourth-order valence-electron chi connectivity index (χ4n) is 1.42. The van der Waals surface area contributed by atoms with Crippen LogP contribution in [-0.4, -0.2) is 28.4 Å². The summed E-state index contributed by atoms with van der Waals surface area (Å²) in [6.07, 6.45) is 0.528. The maximum Gasteiger partial charge on any atom is 0.232 e. The average molecular weight is 294 g/mol. The van der Waals surface area contributed by atoms with Crippen LogP contribution in [0.3, 0.4) is 0 Å². The Balaban J connectivity index is 3.11. The van der Waals surface area contributed by atoms with Crippen LogP contribution >= 0.6 is 11.6 Å². The third-order valence-corrected chi connectivity index (χ3v) is 4.00. The van der Waals surface area contributed by atoms with Gasteiger partial charge in [-0.25, -0.2) is 8.42 Å². The molecule has 1 rings (SSSR count). The van der Waals surface area contributed by atoms with Gasteiger partial charge in [-0.2, -0.15) is 0 Å². The van der Waals surface area contributed by atoms with Crippen molar-refractivity contribution in [1.82, 2.24) is 0 Å². The highest BCUT2D eigenvalue weighted by Crippen LogP contribution is 2.36. The molecule has 0 amide bonds. The maximum atomic E-state index is 11.7. The van der Waals surface area contributed by atoms with Crippen LogP contribution in [0.4, 0.5) is 5.69 Å². The first-order valence-corrected chi connectivity index (χ1v) is 7.38. The number of benzene rings is 1. The van der Waals surface area contributed by atoms with E-state index in [1.807, 2.05) is 0 Å². The van der Waals surface area contributed by atoms with Gasteiger partial charge in [0.05, 0.1) is 30.7 Å². The zero-order valence-corrected chi connectivity index (χ0v) is 12.1. The second-order valence-corrected chi connectivity index (χ2v) is 5.86. The highest BCUT2D eigenvalue weighted by atomic mass is 35.5. The van der Waals surface area contributed by atoms with Gasteiger partial charge in [0.2, 0.25) is 10.0 Å². The number of hydrogen-bond acceptors (Lipinski definition) is 4. The molecule has 5 nitrogen and oxygen atoms in total. The van der Waals surface area contributed by atoms with E-state index in [-0.39, 0.29) is 16.5 Å². The minimum atomic E-state index is -3.38. The van der Waals surface area contributed by atoms with Crippen molar-refractivity contribution in [2.45, 2.75) is 13.3 Å². The van der Waals surface area contributed by atoms with E-state index in [1.54, 1.807) is 6.92 Å². The Hall–Kier alpha value is -1.14. The largest absolute Gasteiger partial charge is 0.493 e. The summed E-state index contributed by atoms with van der Waals surface area (Å²) in [5.41, 5.74) is 0.280. The molecule has 0 aliphatic rings. The van der Waals surface area contributed by atoms with Gasteiger partial charge in [-0.15, -0.1) is 0 Å². The van der Waals surface area contributed by atoms with Crippen molar-refractivity contribution in [2.24, 2.45) is 0 Å². The van der Waals surface area contributed by atoms with Gasteiger partial charge in [0.1, 0.15) is 0 Å². The standard InChI is InChI=1S/C11H16ClNO4S/c1-4-5-18(14,15)13-9-7-11(17-3)10(16-2)6-8(9)12/h6-7,13H,4-5H2,1-3H3. The van der Waals surface area contributed by atoms with Crippen molar-refractivity contribution in [2.75, 3.05) is 24.7 Å². The molecule has 0 aromatic heterocycles. The summed E-state index contributed by atoms with van der Waals surface area (Å²) in [7, 11) is -0.433. The van der Waals surface area contributed by atoms with Crippen LogP contribution < -0.4 is 14.2 Å². The molecule has 1 aromatic carbocycles. The monoisotopic (exact) mass is 293 g/mol. The summed E-state index contributed by atoms with van der Waals surface area (Å²) in [6, 6.07) is 3.00. The minimum absolute atomic E-state index is 0.0394. The van der Waals surface area contributed by atoms with Crippen LogP contribution in [0.25, 0.3) is 0 Å². The van der Waals surface area contributed by atoms with E-state index in [4.69, 9.17) is 21.1 Å². The molecule has 0 saturated heterocycles. The first kappa shape index (κ1) is 14.9. The Bertz CT molecular complexity index is 516. The number of nitrogens with one attached hydrogen (secondary N) is 1. The van der Waals surface area contributed by atoms with Crippen LogP contribution in [0.5, 0.6) is 11.5 Å². The van der Waals surface area contributed by atoms with Gasteiger partial charge in [-0.1, -0.05) is 18.5 Å². The van der Waals surface area contributed by atoms with Gasteiger partial charge >= 0.3 is 0 Å². The van der Waals surface area contributed by atoms with Crippen molar-refractivity contribution in [3.63, 3.8) is 0 Å². The van der Waals surface area contributed by atoms with E-state index in [0.717, 1.165) is 0 Å². The SMILES string of the molecule is CCCS(=O)(=O)Nc1cc(OC)c(OC)cc1Cl. The van der Waals surface area contributed by atoms with Gasteiger partial charge in [0.25, 0.3) is 0 Å². The summed E-state index contributed by atoms with van der Waals surface area (Å²) >= 11 is 5.98. The molecule has 0 atom stereocenters. The third-order valence-electron chi connectivity index (χ3n) is 2.21. The van der Waals surface area contributed by atoms with E-state index < -0.39 is 10.0 Å². The summed E-state index contributed by atoms with van der Waals surface area (Å²) in [4.78, 5) is 0. The Kier molecular flexibility index (Phi) is 5.10. The molecule has 0 radical (unpaired) electrons. The first-order chi connectivity index (χ1) is 8.43. The van der Waals surface area contributed by atoms with Crippen LogP contribution in [0, 0.1) is 0 Å². The van der Waals surface area contributed by atoms with Crippen molar-refractivity contribution < 1.29 is 17.9 Å². The topological polar surface area (TPSA) is 64.6 Å². The highest BCUT2D eigenvalue weighted by molar-refractivity contribution is 7.92. The molecule has 1 aromatic rings. The molecule has 7 heteroatoms. The van der Waals surface area contributed by atoms with Crippen LogP contribution in [0.1, 0.15) is 13.3 Å². The van der Waals surface area contributed by atoms with Crippen molar-refractivity contribution in [3.05, 3.63) is 17.2 Å². The number of methoxy groups -OCH3 is 2. The number of rotatable bonds is 6. The average Bonchev–Trinajstić information content (AvgIpc) is 2.30. The molecule has 0 aliphatic carbocycles. The Morgan fingerprint density at radius 1 is 1.22 bits per heavy atom. The predicted molar refractivity (Wildman–Crippen MR) is 72.3 cm³/mol. The van der Waals surface area contributed by atoms with E-state index in [1.165, 1.54) is 26.4 Å². The van der Waals surface area contributed by atoms with Crippen LogP contribution in [0.2, 0.25) is 5.02 Å². The zero-order chi connectivity index (χ0) is 13.8. The first-order valence-electron chi connectivity index (χ1n) is 5.35. The van der Waals surface area contributed by atoms with Crippen molar-refractivity contribution in [1.29, 1.82) is 0 Å². The number of halogens is 1. The molecule has 102 valence electrons. The van der Waals surface area contributed by atoms with Gasteiger partial charge in [0, 0.05) is 12.1 Å². The van der Waals surface area contributed by atoms with Gasteiger partial charge < -0.3 is 9.47 Å². The van der Waals surface area contributed by atoms with E-state index in [2.05, 4.69) is 4.72 Å². The normalized spacial score (nSPS) is 11.1. The summed E-state index contributed by atoms with van der Waals surface area (Å²) in [5.74, 6) is 0.898. The van der Waals surface area contributed by atoms with Crippen LogP contribution in [-0.2, 0) is 10.0 Å². The third kappa shape index (κ3) is 3.68. The molecule has 1 N–H and O–H groups in total. The van der Waals surface area contributed by atoms with E-state index >= 15 is 0 Å². The molecule has 18 heavy (non-hydrogen) atoms. The summed E-state index contributed by atoms with van der Waals surface area (Å²) in [6.45, 7) is 1.79. The lowest BCUT2D eigenvalue weighted by Crippen LogP contribution is -2.16. The van der Waals surface area contributed by atoms with Crippen molar-refractivity contribution >= 4 is 27.3 Å².